The summed E-state index contributed by atoms with van der Waals surface area (Å²) in [6.45, 7) is 7.73. The van der Waals surface area contributed by atoms with E-state index in [-0.39, 0.29) is 6.10 Å². The number of rotatable bonds is 8. The molecule has 114 valence electrons. The molecule has 0 bridgehead atoms. The Labute approximate surface area is 124 Å². The van der Waals surface area contributed by atoms with E-state index in [2.05, 4.69) is 62.3 Å². The lowest BCUT2D eigenvalue weighted by Crippen LogP contribution is -2.45. The second kappa shape index (κ2) is 8.28. The van der Waals surface area contributed by atoms with E-state index in [9.17, 15) is 0 Å². The van der Waals surface area contributed by atoms with Crippen LogP contribution in [0.2, 0.25) is 0 Å². The molecule has 0 heterocycles. The molecule has 1 aromatic carbocycles. The summed E-state index contributed by atoms with van der Waals surface area (Å²) in [6.07, 6.45) is 1.33. The van der Waals surface area contributed by atoms with Gasteiger partial charge in [-0.1, -0.05) is 26.0 Å². The maximum absolute atomic E-state index is 5.53. The van der Waals surface area contributed by atoms with Crippen molar-refractivity contribution < 1.29 is 4.74 Å². The first-order valence-electron chi connectivity index (χ1n) is 7.49. The predicted molar refractivity (Wildman–Crippen MR) is 87.4 cm³/mol. The van der Waals surface area contributed by atoms with Gasteiger partial charge < -0.3 is 15.0 Å². The average molecular weight is 278 g/mol. The molecular formula is C17H30N2O. The zero-order valence-electron chi connectivity index (χ0n) is 13.8. The minimum Gasteiger partial charge on any atom is -0.388 e. The number of nitrogens with one attached hydrogen (secondary N) is 1. The Hall–Kier alpha value is -1.06. The van der Waals surface area contributed by atoms with E-state index in [0.717, 1.165) is 18.7 Å². The van der Waals surface area contributed by atoms with Crippen LogP contribution in [0.3, 0.4) is 0 Å². The first-order valence-corrected chi connectivity index (χ1v) is 7.49. The van der Waals surface area contributed by atoms with Gasteiger partial charge in [0.25, 0.3) is 0 Å². The van der Waals surface area contributed by atoms with Gasteiger partial charge in [-0.15, -0.1) is 0 Å². The molecule has 3 nitrogen and oxygen atoms in total. The van der Waals surface area contributed by atoms with Gasteiger partial charge >= 0.3 is 0 Å². The number of anilines is 1. The molecule has 0 aliphatic carbocycles. The van der Waals surface area contributed by atoms with E-state index >= 15 is 0 Å². The van der Waals surface area contributed by atoms with Crippen LogP contribution in [0.4, 0.5) is 5.69 Å². The third-order valence-corrected chi connectivity index (χ3v) is 4.04. The summed E-state index contributed by atoms with van der Waals surface area (Å²) >= 11 is 0. The van der Waals surface area contributed by atoms with Crippen LogP contribution in [0.15, 0.2) is 24.3 Å². The highest BCUT2D eigenvalue weighted by molar-refractivity contribution is 5.43. The number of benzene rings is 1. The zero-order valence-corrected chi connectivity index (χ0v) is 13.8. The molecule has 1 N–H and O–H groups in total. The summed E-state index contributed by atoms with van der Waals surface area (Å²) in [5.74, 6) is 0.585. The molecule has 3 heteroatoms. The Balaban J connectivity index is 2.57. The molecular weight excluding hydrogens is 248 g/mol. The van der Waals surface area contributed by atoms with Crippen LogP contribution < -0.4 is 5.32 Å². The molecule has 1 aromatic rings. The van der Waals surface area contributed by atoms with Crippen molar-refractivity contribution in [2.45, 2.75) is 39.3 Å². The van der Waals surface area contributed by atoms with Gasteiger partial charge in [0.15, 0.2) is 0 Å². The van der Waals surface area contributed by atoms with Crippen molar-refractivity contribution in [2.24, 2.45) is 5.92 Å². The topological polar surface area (TPSA) is 24.5 Å². The molecule has 0 aliphatic heterocycles. The van der Waals surface area contributed by atoms with Gasteiger partial charge in [0.1, 0.15) is 0 Å². The van der Waals surface area contributed by atoms with Gasteiger partial charge in [-0.3, -0.25) is 0 Å². The quantitative estimate of drug-likeness (QED) is 0.790. The number of methoxy groups -OCH3 is 1. The van der Waals surface area contributed by atoms with Gasteiger partial charge in [-0.2, -0.15) is 0 Å². The van der Waals surface area contributed by atoms with Crippen LogP contribution >= 0.6 is 0 Å². The number of likely N-dealkylation sites (N-methyl/N-ethyl adjacent to an activating group) is 1. The minimum absolute atomic E-state index is 0.256. The van der Waals surface area contributed by atoms with E-state index in [4.69, 9.17) is 4.74 Å². The number of nitrogens with zero attached hydrogens (tertiary/aromatic N) is 1. The van der Waals surface area contributed by atoms with Crippen LogP contribution in [-0.2, 0) is 11.2 Å². The monoisotopic (exact) mass is 278 g/mol. The lowest BCUT2D eigenvalue weighted by atomic mass is 9.97. The smallest absolute Gasteiger partial charge is 0.0700 e. The largest absolute Gasteiger partial charge is 0.388 e. The molecule has 0 aliphatic rings. The number of ether oxygens (including phenoxy) is 1. The molecule has 20 heavy (non-hydrogen) atoms. The third kappa shape index (κ3) is 4.80. The second-order valence-electron chi connectivity index (χ2n) is 5.85. The van der Waals surface area contributed by atoms with Crippen molar-refractivity contribution in [3.8, 4) is 0 Å². The Kier molecular flexibility index (Phi) is 7.03. The van der Waals surface area contributed by atoms with E-state index < -0.39 is 0 Å². The Morgan fingerprint density at radius 1 is 1.15 bits per heavy atom. The Morgan fingerprint density at radius 2 is 1.75 bits per heavy atom. The van der Waals surface area contributed by atoms with E-state index in [1.54, 1.807) is 7.11 Å². The first kappa shape index (κ1) is 17.0. The summed E-state index contributed by atoms with van der Waals surface area (Å²) in [4.78, 5) is 2.42. The molecule has 1 rings (SSSR count). The van der Waals surface area contributed by atoms with Gasteiger partial charge in [-0.25, -0.2) is 0 Å². The molecule has 0 spiro atoms. The molecule has 2 unspecified atom stereocenters. The first-order chi connectivity index (χ1) is 9.49. The fraction of sp³-hybridized carbons (Fsp3) is 0.647. The molecule has 0 fully saturated rings. The lowest BCUT2D eigenvalue weighted by molar-refractivity contribution is 0.0158. The van der Waals surface area contributed by atoms with Crippen molar-refractivity contribution in [1.29, 1.82) is 0 Å². The fourth-order valence-corrected chi connectivity index (χ4v) is 2.84. The van der Waals surface area contributed by atoms with Crippen molar-refractivity contribution in [3.05, 3.63) is 29.8 Å². The molecule has 0 aromatic heterocycles. The molecule has 0 saturated heterocycles. The highest BCUT2D eigenvalue weighted by atomic mass is 16.5. The highest BCUT2D eigenvalue weighted by Gasteiger charge is 2.24. The minimum atomic E-state index is 0.256. The molecule has 0 amide bonds. The molecule has 0 radical (unpaired) electrons. The molecule has 2 atom stereocenters. The Bertz CT molecular complexity index is 375. The second-order valence-corrected chi connectivity index (χ2v) is 5.85. The lowest BCUT2D eigenvalue weighted by Gasteiger charge is -2.35. The zero-order chi connectivity index (χ0) is 15.1. The van der Waals surface area contributed by atoms with Crippen LogP contribution in [0, 0.1) is 5.92 Å². The summed E-state index contributed by atoms with van der Waals surface area (Å²) in [6, 6.07) is 9.12. The average Bonchev–Trinajstić information content (AvgIpc) is 2.45. The van der Waals surface area contributed by atoms with E-state index in [1.807, 2.05) is 7.05 Å². The van der Waals surface area contributed by atoms with Gasteiger partial charge in [0.05, 0.1) is 6.10 Å². The summed E-state index contributed by atoms with van der Waals surface area (Å²) in [5, 5.41) is 3.15. The number of hydrogen-bond acceptors (Lipinski definition) is 3. The van der Waals surface area contributed by atoms with Crippen molar-refractivity contribution in [3.63, 3.8) is 0 Å². The summed E-state index contributed by atoms with van der Waals surface area (Å²) in [5.41, 5.74) is 2.54. The van der Waals surface area contributed by atoms with Crippen LogP contribution in [0.25, 0.3) is 0 Å². The van der Waals surface area contributed by atoms with Gasteiger partial charge in [0.2, 0.25) is 0 Å². The maximum atomic E-state index is 5.53. The summed E-state index contributed by atoms with van der Waals surface area (Å²) < 4.78 is 5.53. The van der Waals surface area contributed by atoms with Crippen molar-refractivity contribution in [2.75, 3.05) is 33.1 Å². The van der Waals surface area contributed by atoms with Crippen molar-refractivity contribution >= 4 is 5.69 Å². The van der Waals surface area contributed by atoms with Gasteiger partial charge in [-0.05, 0) is 44.0 Å². The van der Waals surface area contributed by atoms with Crippen molar-refractivity contribution in [1.82, 2.24) is 4.90 Å². The fourth-order valence-electron chi connectivity index (χ4n) is 2.84. The van der Waals surface area contributed by atoms with Crippen LogP contribution in [0.1, 0.15) is 26.3 Å². The van der Waals surface area contributed by atoms with Crippen LogP contribution in [0.5, 0.6) is 0 Å². The number of hydrogen-bond donors (Lipinski definition) is 1. The molecule has 0 saturated carbocycles. The Morgan fingerprint density at radius 3 is 2.20 bits per heavy atom. The standard InChI is InChI=1S/C17H30N2O/c1-13(2)17(14(3)20-6)19(5)12-11-15-7-9-16(18-4)10-8-15/h7-10,13-14,17-18H,11-12H2,1-6H3. The normalized spacial score (nSPS) is 14.6. The predicted octanol–water partition coefficient (Wildman–Crippen LogP) is 3.26. The third-order valence-electron chi connectivity index (χ3n) is 4.04. The highest BCUT2D eigenvalue weighted by Crippen LogP contribution is 2.16. The van der Waals surface area contributed by atoms with Crippen LogP contribution in [-0.4, -0.2) is 44.8 Å². The maximum Gasteiger partial charge on any atom is 0.0700 e. The SMILES string of the molecule is CNc1ccc(CCN(C)C(C(C)C)C(C)OC)cc1. The van der Waals surface area contributed by atoms with E-state index in [0.29, 0.717) is 12.0 Å². The van der Waals surface area contributed by atoms with Gasteiger partial charge in [0, 0.05) is 32.4 Å². The summed E-state index contributed by atoms with van der Waals surface area (Å²) in [7, 11) is 5.94. The van der Waals surface area contributed by atoms with E-state index in [1.165, 1.54) is 5.56 Å².